The molecule has 4 heteroatoms. The third-order valence-corrected chi connectivity index (χ3v) is 9.24. The van der Waals surface area contributed by atoms with Gasteiger partial charge in [-0.25, -0.2) is 0 Å². The SMILES string of the molecule is C=Cc1c(CC)c(/C=C\C)n(-c2ccc3c(=O)c4c(-n5c(C)c(/C=C\C)c6ccccc65)cccc4sc3c2)c1C=C. The zero-order valence-electron chi connectivity index (χ0n) is 24.6. The molecule has 208 valence electrons. The van der Waals surface area contributed by atoms with Crippen LogP contribution >= 0.6 is 11.3 Å². The van der Waals surface area contributed by atoms with Gasteiger partial charge in [0.25, 0.3) is 0 Å². The molecule has 0 aliphatic carbocycles. The van der Waals surface area contributed by atoms with E-state index >= 15 is 0 Å². The minimum absolute atomic E-state index is 0.0526. The Morgan fingerprint density at radius 3 is 2.31 bits per heavy atom. The number of para-hydroxylation sites is 1. The highest BCUT2D eigenvalue weighted by Crippen LogP contribution is 2.36. The van der Waals surface area contributed by atoms with Crippen molar-refractivity contribution in [3.05, 3.63) is 130 Å². The molecule has 0 N–H and O–H groups in total. The average Bonchev–Trinajstić information content (AvgIpc) is 3.47. The van der Waals surface area contributed by atoms with Crippen molar-refractivity contribution in [1.29, 1.82) is 0 Å². The highest BCUT2D eigenvalue weighted by atomic mass is 32.1. The van der Waals surface area contributed by atoms with Gasteiger partial charge in [-0.1, -0.05) is 68.7 Å². The van der Waals surface area contributed by atoms with Crippen LogP contribution in [-0.4, -0.2) is 9.13 Å². The Labute approximate surface area is 250 Å². The summed E-state index contributed by atoms with van der Waals surface area (Å²) in [4.78, 5) is 14.3. The summed E-state index contributed by atoms with van der Waals surface area (Å²) in [5.41, 5.74) is 9.84. The smallest absolute Gasteiger partial charge is 0.197 e. The Hall–Kier alpha value is -4.67. The van der Waals surface area contributed by atoms with E-state index in [1.165, 1.54) is 16.5 Å². The van der Waals surface area contributed by atoms with Gasteiger partial charge in [-0.15, -0.1) is 11.3 Å². The zero-order valence-corrected chi connectivity index (χ0v) is 25.4. The number of allylic oxidation sites excluding steroid dienone is 2. The Bertz CT molecular complexity index is 2160. The number of nitrogens with zero attached hydrogens (tertiary/aromatic N) is 2. The van der Waals surface area contributed by atoms with E-state index in [9.17, 15) is 4.79 Å². The molecule has 0 saturated heterocycles. The van der Waals surface area contributed by atoms with Gasteiger partial charge in [0.05, 0.1) is 22.3 Å². The lowest BCUT2D eigenvalue weighted by Crippen LogP contribution is -2.08. The van der Waals surface area contributed by atoms with E-state index in [1.807, 2.05) is 32.1 Å². The molecule has 3 heterocycles. The fourth-order valence-electron chi connectivity index (χ4n) is 6.36. The summed E-state index contributed by atoms with van der Waals surface area (Å²) in [6.07, 6.45) is 13.1. The minimum atomic E-state index is 0.0526. The molecular formula is C38H34N2OS. The molecule has 0 aliphatic rings. The predicted octanol–water partition coefficient (Wildman–Crippen LogP) is 10.4. The summed E-state index contributed by atoms with van der Waals surface area (Å²) in [6, 6.07) is 20.8. The summed E-state index contributed by atoms with van der Waals surface area (Å²) in [5.74, 6) is 0. The van der Waals surface area contributed by atoms with Crippen molar-refractivity contribution in [3.63, 3.8) is 0 Å². The average molecular weight is 567 g/mol. The number of aromatic nitrogens is 2. The normalized spacial score (nSPS) is 12.0. The fourth-order valence-corrected chi connectivity index (χ4v) is 7.50. The first-order valence-corrected chi connectivity index (χ1v) is 15.2. The monoisotopic (exact) mass is 566 g/mol. The third kappa shape index (κ3) is 4.06. The largest absolute Gasteiger partial charge is 0.312 e. The molecule has 0 fully saturated rings. The molecule has 6 rings (SSSR count). The van der Waals surface area contributed by atoms with Crippen LogP contribution in [0.4, 0.5) is 0 Å². The first-order chi connectivity index (χ1) is 20.5. The topological polar surface area (TPSA) is 26.9 Å². The van der Waals surface area contributed by atoms with Gasteiger partial charge in [0.1, 0.15) is 0 Å². The van der Waals surface area contributed by atoms with E-state index in [2.05, 4.69) is 115 Å². The van der Waals surface area contributed by atoms with Gasteiger partial charge < -0.3 is 9.13 Å². The lowest BCUT2D eigenvalue weighted by atomic mass is 10.1. The summed E-state index contributed by atoms with van der Waals surface area (Å²) < 4.78 is 6.40. The third-order valence-electron chi connectivity index (χ3n) is 8.12. The second-order valence-corrected chi connectivity index (χ2v) is 11.5. The summed E-state index contributed by atoms with van der Waals surface area (Å²) >= 11 is 1.66. The van der Waals surface area contributed by atoms with Crippen LogP contribution in [0, 0.1) is 6.92 Å². The predicted molar refractivity (Wildman–Crippen MR) is 185 cm³/mol. The van der Waals surface area contributed by atoms with Crippen molar-refractivity contribution in [3.8, 4) is 11.4 Å². The van der Waals surface area contributed by atoms with Crippen molar-refractivity contribution in [2.24, 2.45) is 0 Å². The molecule has 3 aromatic carbocycles. The molecular weight excluding hydrogens is 532 g/mol. The summed E-state index contributed by atoms with van der Waals surface area (Å²) in [5, 5.41) is 2.66. The molecule has 42 heavy (non-hydrogen) atoms. The van der Waals surface area contributed by atoms with E-state index in [1.54, 1.807) is 11.3 Å². The van der Waals surface area contributed by atoms with Crippen molar-refractivity contribution < 1.29 is 0 Å². The van der Waals surface area contributed by atoms with Crippen LogP contribution < -0.4 is 5.43 Å². The van der Waals surface area contributed by atoms with Crippen LogP contribution in [0.2, 0.25) is 0 Å². The van der Waals surface area contributed by atoms with Gasteiger partial charge in [0.15, 0.2) is 5.43 Å². The van der Waals surface area contributed by atoms with Crippen LogP contribution in [0.5, 0.6) is 0 Å². The van der Waals surface area contributed by atoms with Crippen molar-refractivity contribution in [2.75, 3.05) is 0 Å². The van der Waals surface area contributed by atoms with Crippen LogP contribution in [-0.2, 0) is 6.42 Å². The lowest BCUT2D eigenvalue weighted by molar-refractivity contribution is 1.03. The lowest BCUT2D eigenvalue weighted by Gasteiger charge is -2.14. The van der Waals surface area contributed by atoms with Crippen LogP contribution in [0.3, 0.4) is 0 Å². The second kappa shape index (κ2) is 11.0. The first-order valence-electron chi connectivity index (χ1n) is 14.4. The van der Waals surface area contributed by atoms with Crippen molar-refractivity contribution >= 4 is 66.7 Å². The number of benzene rings is 3. The molecule has 0 saturated carbocycles. The second-order valence-electron chi connectivity index (χ2n) is 10.4. The molecule has 3 nitrogen and oxygen atoms in total. The van der Waals surface area contributed by atoms with Gasteiger partial charge in [-0.3, -0.25) is 4.79 Å². The number of fused-ring (bicyclic) bond motifs is 3. The van der Waals surface area contributed by atoms with Crippen LogP contribution in [0.15, 0.2) is 90.8 Å². The number of hydrogen-bond acceptors (Lipinski definition) is 2. The minimum Gasteiger partial charge on any atom is -0.312 e. The summed E-state index contributed by atoms with van der Waals surface area (Å²) in [6.45, 7) is 16.6. The molecule has 6 aromatic rings. The van der Waals surface area contributed by atoms with Gasteiger partial charge in [0.2, 0.25) is 0 Å². The molecule has 0 radical (unpaired) electrons. The van der Waals surface area contributed by atoms with Gasteiger partial charge >= 0.3 is 0 Å². The number of hydrogen-bond donors (Lipinski definition) is 0. The summed E-state index contributed by atoms with van der Waals surface area (Å²) in [7, 11) is 0. The Kier molecular flexibility index (Phi) is 7.17. The fraction of sp³-hybridized carbons (Fsp3) is 0.132. The maximum Gasteiger partial charge on any atom is 0.197 e. The Balaban J connectivity index is 1.64. The van der Waals surface area contributed by atoms with E-state index < -0.39 is 0 Å². The standard InChI is InChI=1S/C38H34N2OS/c1-7-15-28-24(6)39(33-18-13-12-17-29(28)33)34-19-14-20-35-37(34)38(41)30-22-21-25(23-36(30)42-35)40-31(11-5)26(9-3)27(10-4)32(40)16-8-2/h7-9,11-23H,3,5,10H2,1-2,4,6H3/b15-7-,16-8-. The van der Waals surface area contributed by atoms with Gasteiger partial charge in [-0.2, -0.15) is 0 Å². The van der Waals surface area contributed by atoms with Crippen LogP contribution in [0.1, 0.15) is 54.5 Å². The maximum absolute atomic E-state index is 14.3. The molecule has 3 aromatic heterocycles. The highest BCUT2D eigenvalue weighted by Gasteiger charge is 2.20. The van der Waals surface area contributed by atoms with Crippen molar-refractivity contribution in [2.45, 2.75) is 34.1 Å². The maximum atomic E-state index is 14.3. The van der Waals surface area contributed by atoms with E-state index in [0.29, 0.717) is 0 Å². The van der Waals surface area contributed by atoms with Gasteiger partial charge in [0, 0.05) is 48.4 Å². The molecule has 0 amide bonds. The van der Waals surface area contributed by atoms with E-state index in [-0.39, 0.29) is 5.43 Å². The van der Waals surface area contributed by atoms with E-state index in [4.69, 9.17) is 0 Å². The van der Waals surface area contributed by atoms with E-state index in [0.717, 1.165) is 66.1 Å². The quantitative estimate of drug-likeness (QED) is 0.177. The molecule has 0 aliphatic heterocycles. The van der Waals surface area contributed by atoms with Gasteiger partial charge in [-0.05, 0) is 81.3 Å². The molecule has 0 atom stereocenters. The first kappa shape index (κ1) is 27.5. The zero-order chi connectivity index (χ0) is 29.5. The Morgan fingerprint density at radius 2 is 1.60 bits per heavy atom. The Morgan fingerprint density at radius 1 is 0.810 bits per heavy atom. The highest BCUT2D eigenvalue weighted by molar-refractivity contribution is 7.24. The molecule has 0 spiro atoms. The molecule has 0 unspecified atom stereocenters. The van der Waals surface area contributed by atoms with Crippen LogP contribution in [0.25, 0.3) is 66.8 Å². The molecule has 0 bridgehead atoms. The number of rotatable bonds is 7. The van der Waals surface area contributed by atoms with Crippen molar-refractivity contribution in [1.82, 2.24) is 9.13 Å².